The Balaban J connectivity index is 1.10. The number of rotatable bonds is 7. The number of furan rings is 1. The van der Waals surface area contributed by atoms with Crippen LogP contribution in [0.5, 0.6) is 0 Å². The van der Waals surface area contributed by atoms with Gasteiger partial charge in [-0.05, 0) is 97.9 Å². The second kappa shape index (κ2) is 13.4. The molecular formula is C52H35NO. The lowest BCUT2D eigenvalue weighted by Crippen LogP contribution is -2.11. The smallest absolute Gasteiger partial charge is 0.136 e. The van der Waals surface area contributed by atoms with Gasteiger partial charge in [0.2, 0.25) is 0 Å². The topological polar surface area (TPSA) is 16.4 Å². The fourth-order valence-corrected chi connectivity index (χ4v) is 7.81. The summed E-state index contributed by atoms with van der Waals surface area (Å²) < 4.78 is 6.45. The summed E-state index contributed by atoms with van der Waals surface area (Å²) in [6.45, 7) is 0. The lowest BCUT2D eigenvalue weighted by molar-refractivity contribution is 0.632. The van der Waals surface area contributed by atoms with E-state index in [0.717, 1.165) is 61.6 Å². The van der Waals surface area contributed by atoms with Crippen LogP contribution in [0.4, 0.5) is 17.1 Å². The first-order valence-corrected chi connectivity index (χ1v) is 18.4. The van der Waals surface area contributed by atoms with Gasteiger partial charge < -0.3 is 9.32 Å². The van der Waals surface area contributed by atoms with E-state index in [9.17, 15) is 0 Å². The Labute approximate surface area is 314 Å². The van der Waals surface area contributed by atoms with Gasteiger partial charge in [0.15, 0.2) is 0 Å². The van der Waals surface area contributed by atoms with Gasteiger partial charge in [-0.2, -0.15) is 0 Å². The third kappa shape index (κ3) is 5.71. The van der Waals surface area contributed by atoms with E-state index in [1.165, 1.54) is 32.7 Å². The summed E-state index contributed by atoms with van der Waals surface area (Å²) in [5.41, 5.74) is 12.2. The number of hydrogen-bond donors (Lipinski definition) is 0. The average molecular weight is 690 g/mol. The second-order valence-electron chi connectivity index (χ2n) is 13.7. The van der Waals surface area contributed by atoms with Crippen LogP contribution in [0.25, 0.3) is 77.2 Å². The van der Waals surface area contributed by atoms with Gasteiger partial charge in [0.25, 0.3) is 0 Å². The molecule has 1 aromatic heterocycles. The van der Waals surface area contributed by atoms with Crippen molar-refractivity contribution in [1.82, 2.24) is 0 Å². The zero-order valence-electron chi connectivity index (χ0n) is 29.6. The molecule has 0 saturated carbocycles. The number of benzene rings is 9. The maximum Gasteiger partial charge on any atom is 0.136 e. The Hall–Kier alpha value is -7.16. The first kappa shape index (κ1) is 31.6. The molecule has 2 heteroatoms. The first-order valence-electron chi connectivity index (χ1n) is 18.4. The van der Waals surface area contributed by atoms with Gasteiger partial charge in [0, 0.05) is 27.9 Å². The Morgan fingerprint density at radius 3 is 1.72 bits per heavy atom. The van der Waals surface area contributed by atoms with Crippen LogP contribution in [0.15, 0.2) is 217 Å². The van der Waals surface area contributed by atoms with E-state index >= 15 is 0 Å². The Kier molecular flexibility index (Phi) is 7.85. The predicted octanol–water partition coefficient (Wildman–Crippen LogP) is 14.9. The van der Waals surface area contributed by atoms with Crippen molar-refractivity contribution in [1.29, 1.82) is 0 Å². The Morgan fingerprint density at radius 1 is 0.315 bits per heavy atom. The molecule has 10 aromatic rings. The number of fused-ring (bicyclic) bond motifs is 4. The Morgan fingerprint density at radius 2 is 0.926 bits per heavy atom. The highest BCUT2D eigenvalue weighted by molar-refractivity contribution is 6.08. The zero-order valence-corrected chi connectivity index (χ0v) is 29.6. The van der Waals surface area contributed by atoms with Crippen LogP contribution in [0.2, 0.25) is 0 Å². The molecule has 2 nitrogen and oxygen atoms in total. The van der Waals surface area contributed by atoms with Crippen molar-refractivity contribution in [3.8, 4) is 44.7 Å². The molecule has 0 atom stereocenters. The zero-order chi connectivity index (χ0) is 35.8. The van der Waals surface area contributed by atoms with E-state index < -0.39 is 0 Å². The van der Waals surface area contributed by atoms with Gasteiger partial charge in [0.1, 0.15) is 11.3 Å². The summed E-state index contributed by atoms with van der Waals surface area (Å²) in [4.78, 5) is 2.39. The molecule has 0 bridgehead atoms. The monoisotopic (exact) mass is 689 g/mol. The molecule has 0 N–H and O–H groups in total. The van der Waals surface area contributed by atoms with Crippen molar-refractivity contribution in [2.45, 2.75) is 0 Å². The molecule has 0 saturated heterocycles. The van der Waals surface area contributed by atoms with Crippen LogP contribution in [0, 0.1) is 0 Å². The van der Waals surface area contributed by atoms with E-state index in [0.29, 0.717) is 0 Å². The molecule has 1 heterocycles. The molecule has 0 spiro atoms. The molecule has 54 heavy (non-hydrogen) atoms. The van der Waals surface area contributed by atoms with Crippen molar-refractivity contribution >= 4 is 49.6 Å². The van der Waals surface area contributed by atoms with E-state index in [1.807, 2.05) is 12.1 Å². The van der Waals surface area contributed by atoms with E-state index in [4.69, 9.17) is 4.42 Å². The fourth-order valence-electron chi connectivity index (χ4n) is 7.81. The van der Waals surface area contributed by atoms with Crippen molar-refractivity contribution in [2.75, 3.05) is 4.90 Å². The number of hydrogen-bond acceptors (Lipinski definition) is 2. The van der Waals surface area contributed by atoms with Crippen molar-refractivity contribution in [2.24, 2.45) is 0 Å². The SMILES string of the molecule is c1ccc(-c2ccc(-c3ccc(N(c4ccc5c(ccc6ccccc65)c4)c4ccccc4-c4ccccc4)cc3)cc2-c2cc3ccccc3o2)cc1. The van der Waals surface area contributed by atoms with Gasteiger partial charge in [-0.3, -0.25) is 0 Å². The summed E-state index contributed by atoms with van der Waals surface area (Å²) >= 11 is 0. The van der Waals surface area contributed by atoms with Crippen molar-refractivity contribution in [3.63, 3.8) is 0 Å². The maximum absolute atomic E-state index is 6.45. The van der Waals surface area contributed by atoms with E-state index in [1.54, 1.807) is 0 Å². The first-order chi connectivity index (χ1) is 26.8. The maximum atomic E-state index is 6.45. The van der Waals surface area contributed by atoms with Gasteiger partial charge >= 0.3 is 0 Å². The summed E-state index contributed by atoms with van der Waals surface area (Å²) in [6.07, 6.45) is 0. The number of nitrogens with zero attached hydrogens (tertiary/aromatic N) is 1. The van der Waals surface area contributed by atoms with E-state index in [-0.39, 0.29) is 0 Å². The van der Waals surface area contributed by atoms with Gasteiger partial charge in [-0.1, -0.05) is 164 Å². The molecule has 0 radical (unpaired) electrons. The van der Waals surface area contributed by atoms with Crippen LogP contribution < -0.4 is 4.90 Å². The average Bonchev–Trinajstić information content (AvgIpc) is 3.69. The van der Waals surface area contributed by atoms with Crippen molar-refractivity contribution in [3.05, 3.63) is 212 Å². The molecule has 0 aliphatic rings. The minimum atomic E-state index is 0.862. The largest absolute Gasteiger partial charge is 0.456 e. The van der Waals surface area contributed by atoms with Crippen LogP contribution in [0.1, 0.15) is 0 Å². The van der Waals surface area contributed by atoms with Crippen LogP contribution >= 0.6 is 0 Å². The second-order valence-corrected chi connectivity index (χ2v) is 13.7. The lowest BCUT2D eigenvalue weighted by atomic mass is 9.93. The molecule has 254 valence electrons. The molecule has 0 aliphatic carbocycles. The van der Waals surface area contributed by atoms with Crippen LogP contribution in [0.3, 0.4) is 0 Å². The molecule has 0 unspecified atom stereocenters. The normalized spacial score (nSPS) is 11.3. The van der Waals surface area contributed by atoms with Gasteiger partial charge in [0.05, 0.1) is 5.69 Å². The molecular weight excluding hydrogens is 655 g/mol. The summed E-state index contributed by atoms with van der Waals surface area (Å²) in [7, 11) is 0. The highest BCUT2D eigenvalue weighted by atomic mass is 16.3. The predicted molar refractivity (Wildman–Crippen MR) is 228 cm³/mol. The third-order valence-electron chi connectivity index (χ3n) is 10.5. The Bertz CT molecular complexity index is 2890. The van der Waals surface area contributed by atoms with Crippen LogP contribution in [-0.4, -0.2) is 0 Å². The van der Waals surface area contributed by atoms with Crippen molar-refractivity contribution < 1.29 is 4.42 Å². The third-order valence-corrected chi connectivity index (χ3v) is 10.5. The van der Waals surface area contributed by atoms with Gasteiger partial charge in [-0.15, -0.1) is 0 Å². The lowest BCUT2D eigenvalue weighted by Gasteiger charge is -2.28. The highest BCUT2D eigenvalue weighted by Crippen LogP contribution is 2.43. The van der Waals surface area contributed by atoms with Crippen LogP contribution in [-0.2, 0) is 0 Å². The minimum Gasteiger partial charge on any atom is -0.456 e. The molecule has 0 fully saturated rings. The standard InChI is InChI=1S/C52H35NO/c1-3-13-37(14-4-1)46-31-27-40(34-49(46)52-35-42-18-8-12-22-51(42)54-52)36-25-28-43(29-26-36)53(50-21-11-10-20-48(50)38-15-5-2-6-16-38)44-30-32-47-41(33-44)24-23-39-17-7-9-19-45(39)47/h1-35H. The molecule has 0 aliphatic heterocycles. The van der Waals surface area contributed by atoms with Gasteiger partial charge in [-0.25, -0.2) is 0 Å². The summed E-state index contributed by atoms with van der Waals surface area (Å²) in [5.74, 6) is 0.862. The summed E-state index contributed by atoms with van der Waals surface area (Å²) in [5, 5.41) is 6.07. The quantitative estimate of drug-likeness (QED) is 0.155. The fraction of sp³-hybridized carbons (Fsp3) is 0. The number of anilines is 3. The molecule has 10 rings (SSSR count). The molecule has 9 aromatic carbocycles. The van der Waals surface area contributed by atoms with E-state index in [2.05, 4.69) is 205 Å². The summed E-state index contributed by atoms with van der Waals surface area (Å²) in [6, 6.07) is 75.9. The molecule has 0 amide bonds. The number of para-hydroxylation sites is 2. The minimum absolute atomic E-state index is 0.862. The highest BCUT2D eigenvalue weighted by Gasteiger charge is 2.19.